The van der Waals surface area contributed by atoms with Gasteiger partial charge in [-0.15, -0.1) is 0 Å². The highest BCUT2D eigenvalue weighted by Gasteiger charge is 2.17. The number of nitriles is 1. The van der Waals surface area contributed by atoms with Gasteiger partial charge in [-0.1, -0.05) is 12.1 Å². The molecule has 0 aliphatic heterocycles. The lowest BCUT2D eigenvalue weighted by Crippen LogP contribution is -2.39. The molecule has 0 saturated carbocycles. The molecule has 142 valence electrons. The third kappa shape index (κ3) is 6.39. The predicted octanol–water partition coefficient (Wildman–Crippen LogP) is 3.60. The van der Waals surface area contributed by atoms with Gasteiger partial charge in [-0.3, -0.25) is 9.69 Å². The van der Waals surface area contributed by atoms with E-state index in [0.29, 0.717) is 18.8 Å². The maximum atomic E-state index is 13.2. The van der Waals surface area contributed by atoms with Gasteiger partial charge < -0.3 is 9.64 Å². The van der Waals surface area contributed by atoms with Crippen LogP contribution in [0.15, 0.2) is 48.5 Å². The Morgan fingerprint density at radius 2 is 1.81 bits per heavy atom. The second-order valence-electron chi connectivity index (χ2n) is 6.18. The van der Waals surface area contributed by atoms with E-state index in [1.165, 1.54) is 17.0 Å². The van der Waals surface area contributed by atoms with E-state index in [9.17, 15) is 9.18 Å². The van der Waals surface area contributed by atoms with Crippen LogP contribution in [-0.2, 0) is 11.3 Å². The Labute approximate surface area is 159 Å². The first-order valence-corrected chi connectivity index (χ1v) is 8.86. The lowest BCUT2D eigenvalue weighted by Gasteiger charge is -2.25. The van der Waals surface area contributed by atoms with E-state index < -0.39 is 0 Å². The van der Waals surface area contributed by atoms with Gasteiger partial charge in [0.15, 0.2) is 0 Å². The Bertz CT molecular complexity index is 770. The molecule has 2 aromatic rings. The van der Waals surface area contributed by atoms with Crippen molar-refractivity contribution in [3.8, 4) is 11.8 Å². The molecule has 27 heavy (non-hydrogen) atoms. The lowest BCUT2D eigenvalue weighted by molar-refractivity contribution is -0.119. The molecule has 0 N–H and O–H groups in total. The largest absolute Gasteiger partial charge is 0.494 e. The van der Waals surface area contributed by atoms with Crippen molar-refractivity contribution in [1.82, 2.24) is 4.90 Å². The van der Waals surface area contributed by atoms with Crippen molar-refractivity contribution >= 4 is 11.6 Å². The summed E-state index contributed by atoms with van der Waals surface area (Å²) in [6.45, 7) is 3.63. The molecule has 0 aliphatic carbocycles. The zero-order chi connectivity index (χ0) is 19.6. The van der Waals surface area contributed by atoms with Crippen LogP contribution in [0.25, 0.3) is 0 Å². The summed E-state index contributed by atoms with van der Waals surface area (Å²) in [5.41, 5.74) is 1.66. The maximum Gasteiger partial charge on any atom is 0.241 e. The minimum atomic E-state index is -0.362. The van der Waals surface area contributed by atoms with Crippen molar-refractivity contribution in [2.24, 2.45) is 0 Å². The molecule has 2 rings (SSSR count). The van der Waals surface area contributed by atoms with E-state index >= 15 is 0 Å². The van der Waals surface area contributed by atoms with Crippen molar-refractivity contribution in [3.63, 3.8) is 0 Å². The van der Waals surface area contributed by atoms with Gasteiger partial charge in [0.1, 0.15) is 11.6 Å². The fourth-order valence-corrected chi connectivity index (χ4v) is 2.72. The molecule has 0 aromatic heterocycles. The molecule has 0 heterocycles. The lowest BCUT2D eigenvalue weighted by atomic mass is 10.2. The highest BCUT2D eigenvalue weighted by Crippen LogP contribution is 2.17. The first kappa shape index (κ1) is 20.4. The van der Waals surface area contributed by atoms with Gasteiger partial charge in [-0.25, -0.2) is 4.39 Å². The molecule has 0 radical (unpaired) electrons. The third-order valence-electron chi connectivity index (χ3n) is 3.98. The quantitative estimate of drug-likeness (QED) is 0.678. The van der Waals surface area contributed by atoms with Crippen LogP contribution in [0.2, 0.25) is 0 Å². The molecule has 0 spiro atoms. The number of hydrogen-bond acceptors (Lipinski definition) is 4. The molecule has 5 nitrogen and oxygen atoms in total. The van der Waals surface area contributed by atoms with E-state index in [1.807, 2.05) is 49.2 Å². The van der Waals surface area contributed by atoms with E-state index in [0.717, 1.165) is 11.3 Å². The van der Waals surface area contributed by atoms with Crippen molar-refractivity contribution in [3.05, 3.63) is 59.9 Å². The average molecular weight is 369 g/mol. The predicted molar refractivity (Wildman–Crippen MR) is 103 cm³/mol. The van der Waals surface area contributed by atoms with Gasteiger partial charge in [0.25, 0.3) is 0 Å². The highest BCUT2D eigenvalue weighted by molar-refractivity contribution is 5.94. The van der Waals surface area contributed by atoms with Crippen molar-refractivity contribution in [2.75, 3.05) is 31.6 Å². The number of benzene rings is 2. The molecule has 0 atom stereocenters. The third-order valence-corrected chi connectivity index (χ3v) is 3.98. The molecular weight excluding hydrogens is 345 g/mol. The number of nitrogens with zero attached hydrogens (tertiary/aromatic N) is 3. The average Bonchev–Trinajstić information content (AvgIpc) is 2.65. The Hall–Kier alpha value is -2.91. The number of anilines is 1. The minimum Gasteiger partial charge on any atom is -0.494 e. The number of likely N-dealkylation sites (N-methyl/N-ethyl adjacent to an activating group) is 1. The van der Waals surface area contributed by atoms with Crippen LogP contribution in [-0.4, -0.2) is 37.6 Å². The van der Waals surface area contributed by atoms with Crippen LogP contribution in [0.4, 0.5) is 10.1 Å². The van der Waals surface area contributed by atoms with Crippen LogP contribution in [0.1, 0.15) is 18.9 Å². The standard InChI is InChI=1S/C21H24FN3O2/c1-3-27-20-11-5-17(6-12-20)15-24(2)16-21(26)25(14-4-13-23)19-9-7-18(22)8-10-19/h5-12H,3-4,14-16H2,1-2H3. The first-order chi connectivity index (χ1) is 13.0. The van der Waals surface area contributed by atoms with Crippen LogP contribution < -0.4 is 9.64 Å². The van der Waals surface area contributed by atoms with Crippen LogP contribution in [0.5, 0.6) is 5.75 Å². The summed E-state index contributed by atoms with van der Waals surface area (Å²) in [6, 6.07) is 15.5. The number of carbonyl (C=O) groups excluding carboxylic acids is 1. The molecule has 6 heteroatoms. The Morgan fingerprint density at radius 1 is 1.15 bits per heavy atom. The van der Waals surface area contributed by atoms with Crippen molar-refractivity contribution < 1.29 is 13.9 Å². The van der Waals surface area contributed by atoms with E-state index in [2.05, 4.69) is 0 Å². The topological polar surface area (TPSA) is 56.6 Å². The molecular formula is C21H24FN3O2. The molecule has 0 fully saturated rings. The second kappa shape index (κ2) is 10.3. The summed E-state index contributed by atoms with van der Waals surface area (Å²) in [5, 5.41) is 8.86. The summed E-state index contributed by atoms with van der Waals surface area (Å²) in [5.74, 6) is 0.323. The fraction of sp³-hybridized carbons (Fsp3) is 0.333. The first-order valence-electron chi connectivity index (χ1n) is 8.86. The van der Waals surface area contributed by atoms with Crippen molar-refractivity contribution in [1.29, 1.82) is 5.26 Å². The molecule has 1 amide bonds. The number of carbonyl (C=O) groups is 1. The smallest absolute Gasteiger partial charge is 0.241 e. The van der Waals surface area contributed by atoms with E-state index in [1.54, 1.807) is 12.1 Å². The number of hydrogen-bond donors (Lipinski definition) is 0. The molecule has 0 aliphatic rings. The van der Waals surface area contributed by atoms with Gasteiger partial charge in [0.05, 0.1) is 25.6 Å². The molecule has 2 aromatic carbocycles. The van der Waals surface area contributed by atoms with E-state index in [4.69, 9.17) is 10.00 Å². The summed E-state index contributed by atoms with van der Waals surface area (Å²) in [6.07, 6.45) is 0.214. The number of amides is 1. The minimum absolute atomic E-state index is 0.134. The summed E-state index contributed by atoms with van der Waals surface area (Å²) in [7, 11) is 1.86. The Balaban J connectivity index is 2.00. The summed E-state index contributed by atoms with van der Waals surface area (Å²) >= 11 is 0. The molecule has 0 saturated heterocycles. The number of halogens is 1. The van der Waals surface area contributed by atoms with Gasteiger partial charge in [-0.2, -0.15) is 5.26 Å². The van der Waals surface area contributed by atoms with Crippen LogP contribution in [0.3, 0.4) is 0 Å². The zero-order valence-electron chi connectivity index (χ0n) is 15.7. The van der Waals surface area contributed by atoms with Gasteiger partial charge in [0.2, 0.25) is 5.91 Å². The monoisotopic (exact) mass is 369 g/mol. The van der Waals surface area contributed by atoms with Crippen molar-refractivity contribution in [2.45, 2.75) is 19.9 Å². The number of rotatable bonds is 9. The van der Waals surface area contributed by atoms with Crippen LogP contribution in [0, 0.1) is 17.1 Å². The van der Waals surface area contributed by atoms with Crippen LogP contribution >= 0.6 is 0 Å². The Morgan fingerprint density at radius 3 is 2.41 bits per heavy atom. The second-order valence-corrected chi connectivity index (χ2v) is 6.18. The number of ether oxygens (including phenoxy) is 1. The SMILES string of the molecule is CCOc1ccc(CN(C)CC(=O)N(CCC#N)c2ccc(F)cc2)cc1. The highest BCUT2D eigenvalue weighted by atomic mass is 19.1. The maximum absolute atomic E-state index is 13.2. The molecule has 0 unspecified atom stereocenters. The molecule has 0 bridgehead atoms. The zero-order valence-corrected chi connectivity index (χ0v) is 15.7. The van der Waals surface area contributed by atoms with Gasteiger partial charge in [0, 0.05) is 18.8 Å². The Kier molecular flexibility index (Phi) is 7.78. The van der Waals surface area contributed by atoms with Gasteiger partial charge >= 0.3 is 0 Å². The fourth-order valence-electron chi connectivity index (χ4n) is 2.72. The summed E-state index contributed by atoms with van der Waals surface area (Å²) in [4.78, 5) is 16.2. The normalized spacial score (nSPS) is 10.5. The van der Waals surface area contributed by atoms with Gasteiger partial charge in [-0.05, 0) is 55.9 Å². The summed E-state index contributed by atoms with van der Waals surface area (Å²) < 4.78 is 18.6. The van der Waals surface area contributed by atoms with E-state index in [-0.39, 0.29) is 31.2 Å².